The fourth-order valence-electron chi connectivity index (χ4n) is 1.46. The highest BCUT2D eigenvalue weighted by Crippen LogP contribution is 2.30. The third-order valence-corrected chi connectivity index (χ3v) is 2.20. The van der Waals surface area contributed by atoms with Gasteiger partial charge in [-0.1, -0.05) is 6.07 Å². The van der Waals surface area contributed by atoms with Crippen molar-refractivity contribution in [2.45, 2.75) is 19.3 Å². The van der Waals surface area contributed by atoms with E-state index < -0.39 is 11.7 Å². The van der Waals surface area contributed by atoms with Crippen LogP contribution >= 0.6 is 0 Å². The molecule has 0 saturated carbocycles. The van der Waals surface area contributed by atoms with E-state index in [0.29, 0.717) is 12.1 Å². The second-order valence-corrected chi connectivity index (χ2v) is 3.44. The molecule has 1 aromatic carbocycles. The van der Waals surface area contributed by atoms with E-state index in [1.54, 1.807) is 7.05 Å². The molecule has 0 bridgehead atoms. The average molecular weight is 233 g/mol. The molecule has 0 aliphatic carbocycles. The number of halogens is 3. The number of methoxy groups -OCH3 is 1. The van der Waals surface area contributed by atoms with E-state index in [1.807, 2.05) is 0 Å². The van der Waals surface area contributed by atoms with Crippen molar-refractivity contribution in [3.8, 4) is 0 Å². The summed E-state index contributed by atoms with van der Waals surface area (Å²) >= 11 is 0. The molecule has 2 nitrogen and oxygen atoms in total. The molecule has 0 fully saturated rings. The predicted octanol–water partition coefficient (Wildman–Crippen LogP) is 2.57. The average Bonchev–Trinajstić information content (AvgIpc) is 2.19. The Bertz CT molecular complexity index is 350. The van der Waals surface area contributed by atoms with Crippen LogP contribution in [0.3, 0.4) is 0 Å². The third-order valence-electron chi connectivity index (χ3n) is 2.20. The van der Waals surface area contributed by atoms with Gasteiger partial charge in [0.1, 0.15) is 0 Å². The molecule has 0 aliphatic heterocycles. The van der Waals surface area contributed by atoms with Gasteiger partial charge in [-0.05, 0) is 30.3 Å². The summed E-state index contributed by atoms with van der Waals surface area (Å²) < 4.78 is 42.3. The lowest BCUT2D eigenvalue weighted by Gasteiger charge is -2.12. The summed E-state index contributed by atoms with van der Waals surface area (Å²) in [5, 5.41) is 2.90. The van der Waals surface area contributed by atoms with Crippen LogP contribution in [0.4, 0.5) is 13.2 Å². The first-order valence-corrected chi connectivity index (χ1v) is 4.81. The highest BCUT2D eigenvalue weighted by atomic mass is 19.4. The van der Waals surface area contributed by atoms with Crippen molar-refractivity contribution in [3.63, 3.8) is 0 Å². The zero-order valence-corrected chi connectivity index (χ0v) is 9.19. The van der Waals surface area contributed by atoms with Crippen LogP contribution in [-0.4, -0.2) is 14.2 Å². The maximum atomic E-state index is 12.5. The van der Waals surface area contributed by atoms with Gasteiger partial charge in [0.2, 0.25) is 0 Å². The molecule has 0 atom stereocenters. The summed E-state index contributed by atoms with van der Waals surface area (Å²) in [7, 11) is 3.21. The Labute approximate surface area is 92.4 Å². The standard InChI is InChI=1S/C11H14F3NO/c1-15-6-8-3-4-10(11(12,13)14)5-9(8)7-16-2/h3-5,15H,6-7H2,1-2H3. The van der Waals surface area contributed by atoms with E-state index in [1.165, 1.54) is 13.2 Å². The number of alkyl halides is 3. The SMILES string of the molecule is CNCc1ccc(C(F)(F)F)cc1COC. The molecule has 0 radical (unpaired) electrons. The lowest BCUT2D eigenvalue weighted by atomic mass is 10.0. The molecule has 0 spiro atoms. The topological polar surface area (TPSA) is 21.3 Å². The van der Waals surface area contributed by atoms with Gasteiger partial charge in [0, 0.05) is 13.7 Å². The quantitative estimate of drug-likeness (QED) is 0.863. The predicted molar refractivity (Wildman–Crippen MR) is 54.9 cm³/mol. The molecule has 1 N–H and O–H groups in total. The lowest BCUT2D eigenvalue weighted by molar-refractivity contribution is -0.137. The summed E-state index contributed by atoms with van der Waals surface area (Å²) in [5.41, 5.74) is 0.739. The van der Waals surface area contributed by atoms with Gasteiger partial charge in [0.25, 0.3) is 0 Å². The van der Waals surface area contributed by atoms with Crippen molar-refractivity contribution in [3.05, 3.63) is 34.9 Å². The van der Waals surface area contributed by atoms with Gasteiger partial charge in [0.15, 0.2) is 0 Å². The van der Waals surface area contributed by atoms with Crippen LogP contribution < -0.4 is 5.32 Å². The first-order chi connectivity index (χ1) is 7.49. The van der Waals surface area contributed by atoms with E-state index in [9.17, 15) is 13.2 Å². The van der Waals surface area contributed by atoms with Crippen LogP contribution in [0.25, 0.3) is 0 Å². The molecular weight excluding hydrogens is 219 g/mol. The van der Waals surface area contributed by atoms with Crippen LogP contribution in [0.1, 0.15) is 16.7 Å². The zero-order chi connectivity index (χ0) is 12.2. The van der Waals surface area contributed by atoms with Crippen molar-refractivity contribution in [1.29, 1.82) is 0 Å². The Kier molecular flexibility index (Phi) is 4.32. The van der Waals surface area contributed by atoms with Crippen molar-refractivity contribution in [1.82, 2.24) is 5.32 Å². The number of rotatable bonds is 4. The molecule has 0 aliphatic rings. The van der Waals surface area contributed by atoms with E-state index in [4.69, 9.17) is 4.74 Å². The minimum atomic E-state index is -4.30. The fourth-order valence-corrected chi connectivity index (χ4v) is 1.46. The summed E-state index contributed by atoms with van der Waals surface area (Å²) in [6.07, 6.45) is -4.30. The molecule has 0 saturated heterocycles. The number of benzene rings is 1. The van der Waals surface area contributed by atoms with Gasteiger partial charge in [-0.25, -0.2) is 0 Å². The van der Waals surface area contributed by atoms with Crippen LogP contribution in [-0.2, 0) is 24.1 Å². The Morgan fingerprint density at radius 1 is 1.25 bits per heavy atom. The Hall–Kier alpha value is -1.07. The molecular formula is C11H14F3NO. The molecule has 0 amide bonds. The molecule has 16 heavy (non-hydrogen) atoms. The molecule has 90 valence electrons. The van der Waals surface area contributed by atoms with Crippen molar-refractivity contribution < 1.29 is 17.9 Å². The Balaban J connectivity index is 3.06. The molecule has 1 rings (SSSR count). The highest BCUT2D eigenvalue weighted by molar-refractivity contribution is 5.33. The maximum Gasteiger partial charge on any atom is 0.416 e. The molecule has 1 aromatic rings. The highest BCUT2D eigenvalue weighted by Gasteiger charge is 2.30. The van der Waals surface area contributed by atoms with Gasteiger partial charge in [-0.3, -0.25) is 0 Å². The molecule has 5 heteroatoms. The molecule has 0 aromatic heterocycles. The van der Waals surface area contributed by atoms with Gasteiger partial charge in [-0.2, -0.15) is 13.2 Å². The van der Waals surface area contributed by atoms with Crippen molar-refractivity contribution in [2.75, 3.05) is 14.2 Å². The normalized spacial score (nSPS) is 11.8. The summed E-state index contributed by atoms with van der Waals surface area (Å²) in [6, 6.07) is 3.70. The fraction of sp³-hybridized carbons (Fsp3) is 0.455. The third kappa shape index (κ3) is 3.21. The van der Waals surface area contributed by atoms with Crippen molar-refractivity contribution in [2.24, 2.45) is 0 Å². The molecule has 0 heterocycles. The van der Waals surface area contributed by atoms with Gasteiger partial charge in [0.05, 0.1) is 12.2 Å². The number of hydrogen-bond acceptors (Lipinski definition) is 2. The second kappa shape index (κ2) is 5.32. The first-order valence-electron chi connectivity index (χ1n) is 4.81. The van der Waals surface area contributed by atoms with Crippen LogP contribution in [0, 0.1) is 0 Å². The summed E-state index contributed by atoms with van der Waals surface area (Å²) in [6.45, 7) is 0.706. The summed E-state index contributed by atoms with van der Waals surface area (Å²) in [4.78, 5) is 0. The largest absolute Gasteiger partial charge is 0.416 e. The van der Waals surface area contributed by atoms with Gasteiger partial charge in [-0.15, -0.1) is 0 Å². The Morgan fingerprint density at radius 3 is 2.44 bits per heavy atom. The van der Waals surface area contributed by atoms with Crippen LogP contribution in [0.2, 0.25) is 0 Å². The van der Waals surface area contributed by atoms with E-state index >= 15 is 0 Å². The smallest absolute Gasteiger partial charge is 0.380 e. The lowest BCUT2D eigenvalue weighted by Crippen LogP contribution is -2.11. The van der Waals surface area contributed by atoms with E-state index in [0.717, 1.165) is 17.7 Å². The van der Waals surface area contributed by atoms with E-state index in [2.05, 4.69) is 5.32 Å². The zero-order valence-electron chi connectivity index (χ0n) is 9.19. The summed E-state index contributed by atoms with van der Waals surface area (Å²) in [5.74, 6) is 0. The minimum absolute atomic E-state index is 0.181. The van der Waals surface area contributed by atoms with Crippen LogP contribution in [0.5, 0.6) is 0 Å². The molecule has 0 unspecified atom stereocenters. The van der Waals surface area contributed by atoms with Gasteiger partial charge >= 0.3 is 6.18 Å². The second-order valence-electron chi connectivity index (χ2n) is 3.44. The monoisotopic (exact) mass is 233 g/mol. The van der Waals surface area contributed by atoms with Gasteiger partial charge < -0.3 is 10.1 Å². The maximum absolute atomic E-state index is 12.5. The number of nitrogens with one attached hydrogen (secondary N) is 1. The minimum Gasteiger partial charge on any atom is -0.380 e. The first kappa shape index (κ1) is 13.0. The van der Waals surface area contributed by atoms with Crippen LogP contribution in [0.15, 0.2) is 18.2 Å². The van der Waals surface area contributed by atoms with E-state index in [-0.39, 0.29) is 6.61 Å². The number of hydrogen-bond donors (Lipinski definition) is 1. The van der Waals surface area contributed by atoms with Crippen molar-refractivity contribution >= 4 is 0 Å². The Morgan fingerprint density at radius 2 is 1.94 bits per heavy atom. The number of ether oxygens (including phenoxy) is 1.